The van der Waals surface area contributed by atoms with E-state index in [9.17, 15) is 0 Å². The summed E-state index contributed by atoms with van der Waals surface area (Å²) in [5.41, 5.74) is 1.78. The zero-order valence-electron chi connectivity index (χ0n) is 8.19. The quantitative estimate of drug-likeness (QED) is 0.634. The molecular weight excluding hydrogens is 273 g/mol. The molecule has 0 atom stereocenters. The van der Waals surface area contributed by atoms with Crippen molar-refractivity contribution in [1.82, 2.24) is 0 Å². The second-order valence-corrected chi connectivity index (χ2v) is 5.00. The minimum Gasteiger partial charge on any atom is -0.309 e. The van der Waals surface area contributed by atoms with E-state index in [1.807, 2.05) is 6.92 Å². The average Bonchev–Trinajstić information content (AvgIpc) is 2.04. The van der Waals surface area contributed by atoms with Gasteiger partial charge in [-0.15, -0.1) is 0 Å². The van der Waals surface area contributed by atoms with Crippen LogP contribution in [-0.4, -0.2) is 5.71 Å². The van der Waals surface area contributed by atoms with Crippen molar-refractivity contribution in [3.63, 3.8) is 0 Å². The number of benzene rings is 1. The average molecular weight is 287 g/mol. The minimum atomic E-state index is -0.135. The molecule has 13 heavy (non-hydrogen) atoms. The molecule has 0 bridgehead atoms. The van der Waals surface area contributed by atoms with Crippen LogP contribution in [0.15, 0.2) is 24.3 Å². The van der Waals surface area contributed by atoms with Gasteiger partial charge < -0.3 is 5.41 Å². The molecule has 1 aromatic carbocycles. The summed E-state index contributed by atoms with van der Waals surface area (Å²) in [6.07, 6.45) is 0. The van der Waals surface area contributed by atoms with Crippen molar-refractivity contribution in [2.75, 3.05) is 0 Å². The van der Waals surface area contributed by atoms with Crippen LogP contribution in [0, 0.1) is 8.98 Å². The lowest BCUT2D eigenvalue weighted by molar-refractivity contribution is 0.708. The number of hydrogen-bond acceptors (Lipinski definition) is 1. The van der Waals surface area contributed by atoms with Gasteiger partial charge in [-0.05, 0) is 47.2 Å². The van der Waals surface area contributed by atoms with Crippen molar-refractivity contribution in [2.24, 2.45) is 0 Å². The van der Waals surface area contributed by atoms with Gasteiger partial charge in [0, 0.05) is 14.7 Å². The van der Waals surface area contributed by atoms with E-state index in [-0.39, 0.29) is 5.41 Å². The second kappa shape index (κ2) is 3.78. The molecule has 1 rings (SSSR count). The van der Waals surface area contributed by atoms with E-state index >= 15 is 0 Å². The lowest BCUT2D eigenvalue weighted by Gasteiger charge is -2.24. The van der Waals surface area contributed by atoms with E-state index in [0.29, 0.717) is 5.71 Å². The van der Waals surface area contributed by atoms with E-state index in [2.05, 4.69) is 60.7 Å². The van der Waals surface area contributed by atoms with Gasteiger partial charge in [0.05, 0.1) is 0 Å². The lowest BCUT2D eigenvalue weighted by atomic mass is 9.81. The van der Waals surface area contributed by atoms with Crippen molar-refractivity contribution < 1.29 is 0 Å². The van der Waals surface area contributed by atoms with E-state index < -0.39 is 0 Å². The Morgan fingerprint density at radius 2 is 1.69 bits per heavy atom. The van der Waals surface area contributed by atoms with Crippen LogP contribution in [0.2, 0.25) is 0 Å². The van der Waals surface area contributed by atoms with Gasteiger partial charge in [0.2, 0.25) is 0 Å². The van der Waals surface area contributed by atoms with Gasteiger partial charge in [-0.1, -0.05) is 26.0 Å². The van der Waals surface area contributed by atoms with Gasteiger partial charge in [-0.3, -0.25) is 0 Å². The summed E-state index contributed by atoms with van der Waals surface area (Å²) < 4.78 is 1.24. The first-order valence-corrected chi connectivity index (χ1v) is 5.34. The predicted molar refractivity (Wildman–Crippen MR) is 65.6 cm³/mol. The Morgan fingerprint density at radius 3 is 2.08 bits per heavy atom. The Labute approximate surface area is 93.2 Å². The minimum absolute atomic E-state index is 0.135. The topological polar surface area (TPSA) is 23.9 Å². The Balaban J connectivity index is 3.08. The largest absolute Gasteiger partial charge is 0.309 e. The third-order valence-corrected chi connectivity index (χ3v) is 3.22. The summed E-state index contributed by atoms with van der Waals surface area (Å²) in [7, 11) is 0. The van der Waals surface area contributed by atoms with Crippen molar-refractivity contribution in [3.05, 3.63) is 33.4 Å². The van der Waals surface area contributed by atoms with E-state index in [1.54, 1.807) is 0 Å². The summed E-state index contributed by atoms with van der Waals surface area (Å²) >= 11 is 2.29. The molecule has 0 heterocycles. The van der Waals surface area contributed by atoms with Crippen LogP contribution < -0.4 is 0 Å². The van der Waals surface area contributed by atoms with Gasteiger partial charge in [-0.25, -0.2) is 0 Å². The summed E-state index contributed by atoms with van der Waals surface area (Å²) in [4.78, 5) is 0. The molecule has 0 aliphatic rings. The molecule has 0 unspecified atom stereocenters. The van der Waals surface area contributed by atoms with Gasteiger partial charge in [0.1, 0.15) is 0 Å². The highest BCUT2D eigenvalue weighted by molar-refractivity contribution is 14.1. The van der Waals surface area contributed by atoms with Crippen LogP contribution in [0.3, 0.4) is 0 Å². The summed E-state index contributed by atoms with van der Waals surface area (Å²) in [6.45, 7) is 6.02. The van der Waals surface area contributed by atoms with Crippen LogP contribution in [0.4, 0.5) is 0 Å². The third-order valence-electron chi connectivity index (χ3n) is 2.50. The fraction of sp³-hybridized carbons (Fsp3) is 0.364. The molecule has 0 saturated carbocycles. The number of rotatable bonds is 2. The predicted octanol–water partition coefficient (Wildman–Crippen LogP) is 3.61. The maximum absolute atomic E-state index is 7.69. The third kappa shape index (κ3) is 2.30. The van der Waals surface area contributed by atoms with E-state index in [1.165, 1.54) is 9.13 Å². The molecule has 1 nitrogen and oxygen atoms in total. The molecule has 0 aliphatic carbocycles. The molecule has 0 fully saturated rings. The first-order valence-electron chi connectivity index (χ1n) is 4.26. The van der Waals surface area contributed by atoms with Crippen LogP contribution in [-0.2, 0) is 5.41 Å². The fourth-order valence-electron chi connectivity index (χ4n) is 1.08. The Morgan fingerprint density at radius 1 is 1.23 bits per heavy atom. The molecule has 1 N–H and O–H groups in total. The summed E-state index contributed by atoms with van der Waals surface area (Å²) in [5.74, 6) is 0. The smallest absolute Gasteiger partial charge is 0.0270 e. The zero-order chi connectivity index (χ0) is 10.1. The number of nitrogens with one attached hydrogen (secondary N) is 1. The van der Waals surface area contributed by atoms with Gasteiger partial charge in [-0.2, -0.15) is 0 Å². The van der Waals surface area contributed by atoms with E-state index in [4.69, 9.17) is 5.41 Å². The summed E-state index contributed by atoms with van der Waals surface area (Å²) in [6, 6.07) is 8.36. The Kier molecular flexibility index (Phi) is 3.11. The van der Waals surface area contributed by atoms with Crippen molar-refractivity contribution in [1.29, 1.82) is 5.41 Å². The Hall–Kier alpha value is -0.380. The first-order chi connectivity index (χ1) is 5.94. The molecule has 0 aliphatic heterocycles. The molecule has 0 aromatic heterocycles. The van der Waals surface area contributed by atoms with Crippen molar-refractivity contribution >= 4 is 28.3 Å². The molecule has 0 amide bonds. The van der Waals surface area contributed by atoms with Crippen LogP contribution in [0.5, 0.6) is 0 Å². The lowest BCUT2D eigenvalue weighted by Crippen LogP contribution is -2.25. The highest BCUT2D eigenvalue weighted by Crippen LogP contribution is 2.24. The zero-order valence-corrected chi connectivity index (χ0v) is 10.3. The maximum atomic E-state index is 7.69. The molecule has 2 heteroatoms. The monoisotopic (exact) mass is 287 g/mol. The van der Waals surface area contributed by atoms with Gasteiger partial charge in [0.15, 0.2) is 0 Å². The van der Waals surface area contributed by atoms with Gasteiger partial charge >= 0.3 is 0 Å². The van der Waals surface area contributed by atoms with Crippen molar-refractivity contribution in [2.45, 2.75) is 26.2 Å². The second-order valence-electron chi connectivity index (χ2n) is 3.76. The van der Waals surface area contributed by atoms with E-state index in [0.717, 1.165) is 0 Å². The normalized spacial score (nSPS) is 11.4. The number of halogens is 1. The van der Waals surface area contributed by atoms with Crippen LogP contribution >= 0.6 is 22.6 Å². The Bertz CT molecular complexity index is 311. The van der Waals surface area contributed by atoms with Crippen LogP contribution in [0.1, 0.15) is 26.3 Å². The van der Waals surface area contributed by atoms with Gasteiger partial charge in [0.25, 0.3) is 0 Å². The molecular formula is C11H14IN. The highest BCUT2D eigenvalue weighted by atomic mass is 127. The van der Waals surface area contributed by atoms with Crippen molar-refractivity contribution in [3.8, 4) is 0 Å². The standard InChI is InChI=1S/C11H14IN/c1-8(13)11(2,3)9-4-6-10(12)7-5-9/h4-7,13H,1-3H3. The summed E-state index contributed by atoms with van der Waals surface area (Å²) in [5, 5.41) is 7.69. The SMILES string of the molecule is CC(=N)C(C)(C)c1ccc(I)cc1. The molecule has 0 radical (unpaired) electrons. The molecule has 0 spiro atoms. The molecule has 0 saturated heterocycles. The highest BCUT2D eigenvalue weighted by Gasteiger charge is 2.22. The molecule has 1 aromatic rings. The maximum Gasteiger partial charge on any atom is 0.0270 e. The first kappa shape index (κ1) is 10.7. The molecule has 70 valence electrons. The number of hydrogen-bond donors (Lipinski definition) is 1. The fourth-order valence-corrected chi connectivity index (χ4v) is 1.44. The van der Waals surface area contributed by atoms with Crippen LogP contribution in [0.25, 0.3) is 0 Å².